The van der Waals surface area contributed by atoms with E-state index in [-0.39, 0.29) is 4.90 Å². The van der Waals surface area contributed by atoms with Crippen molar-refractivity contribution in [2.45, 2.75) is 42.5 Å². The summed E-state index contributed by atoms with van der Waals surface area (Å²) in [6.07, 6.45) is 13.3. The van der Waals surface area contributed by atoms with Gasteiger partial charge in [-0.2, -0.15) is 0 Å². The average molecular weight is 460 g/mol. The lowest BCUT2D eigenvalue weighted by atomic mass is 9.95. The lowest BCUT2D eigenvalue weighted by Gasteiger charge is -2.30. The molecule has 1 aliphatic heterocycles. The number of hydrogen-bond acceptors (Lipinski definition) is 4. The molecule has 2 fully saturated rings. The first-order valence-corrected chi connectivity index (χ1v) is 12.7. The molecule has 2 heterocycles. The minimum Gasteiger partial charge on any atom is -0.477 e. The van der Waals surface area contributed by atoms with Crippen molar-refractivity contribution in [1.82, 2.24) is 14.1 Å². The number of sulfonamides is 1. The largest absolute Gasteiger partial charge is 0.477 e. The highest BCUT2D eigenvalue weighted by Gasteiger charge is 2.41. The van der Waals surface area contributed by atoms with Crippen molar-refractivity contribution >= 4 is 27.4 Å². The van der Waals surface area contributed by atoms with Gasteiger partial charge in [0.05, 0.1) is 11.5 Å². The van der Waals surface area contributed by atoms with Crippen LogP contribution in [-0.2, 0) is 10.0 Å². The molecule has 0 N–H and O–H groups in total. The van der Waals surface area contributed by atoms with Gasteiger partial charge in [-0.25, -0.2) is 17.4 Å². The van der Waals surface area contributed by atoms with Crippen LogP contribution in [0.25, 0.3) is 5.82 Å². The second-order valence-electron chi connectivity index (χ2n) is 8.47. The molecule has 2 saturated carbocycles. The number of alkyl halides is 1. The number of halogens is 1. The third-order valence-corrected chi connectivity index (χ3v) is 8.48. The van der Waals surface area contributed by atoms with Crippen molar-refractivity contribution in [3.63, 3.8) is 0 Å². The second-order valence-corrected chi connectivity index (χ2v) is 10.7. The average Bonchev–Trinajstić information content (AvgIpc) is 3.71. The van der Waals surface area contributed by atoms with Crippen LogP contribution in [0.1, 0.15) is 32.1 Å². The molecule has 0 saturated heterocycles. The van der Waals surface area contributed by atoms with Gasteiger partial charge < -0.3 is 4.74 Å². The van der Waals surface area contributed by atoms with Gasteiger partial charge in [-0.3, -0.25) is 0 Å². The predicted molar refractivity (Wildman–Crippen MR) is 120 cm³/mol. The summed E-state index contributed by atoms with van der Waals surface area (Å²) in [7, 11) is -3.85. The summed E-state index contributed by atoms with van der Waals surface area (Å²) in [6.45, 7) is 0.637. The first-order chi connectivity index (χ1) is 15.0. The third-order valence-electron chi connectivity index (χ3n) is 6.22. The van der Waals surface area contributed by atoms with Crippen molar-refractivity contribution < 1.29 is 13.2 Å². The van der Waals surface area contributed by atoms with Gasteiger partial charge in [-0.1, -0.05) is 35.9 Å². The Morgan fingerprint density at radius 3 is 2.48 bits per heavy atom. The van der Waals surface area contributed by atoms with Crippen LogP contribution in [0.2, 0.25) is 0 Å². The SMILES string of the molecule is O=S(=O)(c1ccccc1)N1C(n2ccc(OCCC(C3CC3)C3CC3)n2)=CC=CC1Cl. The molecule has 1 atom stereocenters. The van der Waals surface area contributed by atoms with E-state index < -0.39 is 15.5 Å². The maximum Gasteiger partial charge on any atom is 0.267 e. The number of hydrogen-bond donors (Lipinski definition) is 0. The summed E-state index contributed by atoms with van der Waals surface area (Å²) < 4.78 is 35.1. The quantitative estimate of drug-likeness (QED) is 0.402. The Labute approximate surface area is 188 Å². The van der Waals surface area contributed by atoms with Crippen molar-refractivity contribution in [3.8, 4) is 5.88 Å². The number of nitrogens with zero attached hydrogens (tertiary/aromatic N) is 3. The van der Waals surface area contributed by atoms with E-state index in [2.05, 4.69) is 5.10 Å². The fourth-order valence-corrected chi connectivity index (χ4v) is 6.32. The van der Waals surface area contributed by atoms with Crippen molar-refractivity contribution in [1.29, 1.82) is 0 Å². The van der Waals surface area contributed by atoms with E-state index in [9.17, 15) is 8.42 Å². The summed E-state index contributed by atoms with van der Waals surface area (Å²) in [5.74, 6) is 3.42. The van der Waals surface area contributed by atoms with Crippen LogP contribution in [0.3, 0.4) is 0 Å². The highest BCUT2D eigenvalue weighted by atomic mass is 35.5. The maximum atomic E-state index is 13.3. The van der Waals surface area contributed by atoms with Gasteiger partial charge in [-0.05, 0) is 74.1 Å². The van der Waals surface area contributed by atoms with E-state index in [1.807, 2.05) is 0 Å². The van der Waals surface area contributed by atoms with E-state index in [0.717, 1.165) is 24.2 Å². The molecule has 31 heavy (non-hydrogen) atoms. The lowest BCUT2D eigenvalue weighted by molar-refractivity contribution is 0.243. The number of allylic oxidation sites excluding steroid dienone is 2. The first-order valence-electron chi connectivity index (χ1n) is 10.8. The smallest absolute Gasteiger partial charge is 0.267 e. The van der Waals surface area contributed by atoms with Crippen LogP contribution < -0.4 is 4.74 Å². The van der Waals surface area contributed by atoms with Gasteiger partial charge in [0.25, 0.3) is 10.0 Å². The fourth-order valence-electron chi connectivity index (χ4n) is 4.37. The van der Waals surface area contributed by atoms with Crippen LogP contribution in [0, 0.1) is 17.8 Å². The maximum absolute atomic E-state index is 13.3. The van der Waals surface area contributed by atoms with E-state index in [4.69, 9.17) is 16.3 Å². The monoisotopic (exact) mass is 459 g/mol. The molecule has 2 aromatic rings. The van der Waals surface area contributed by atoms with Gasteiger partial charge >= 0.3 is 0 Å². The molecule has 164 valence electrons. The topological polar surface area (TPSA) is 64.4 Å². The molecule has 1 unspecified atom stereocenters. The lowest BCUT2D eigenvalue weighted by Crippen LogP contribution is -2.38. The first kappa shape index (κ1) is 20.6. The Hall–Kier alpha value is -2.25. The van der Waals surface area contributed by atoms with E-state index in [1.165, 1.54) is 34.7 Å². The summed E-state index contributed by atoms with van der Waals surface area (Å²) in [5.41, 5.74) is -0.850. The summed E-state index contributed by atoms with van der Waals surface area (Å²) in [5, 5.41) is 4.47. The zero-order valence-electron chi connectivity index (χ0n) is 17.2. The molecule has 1 aromatic heterocycles. The molecule has 0 spiro atoms. The predicted octanol–water partition coefficient (Wildman–Crippen LogP) is 4.71. The van der Waals surface area contributed by atoms with Crippen LogP contribution >= 0.6 is 11.6 Å². The zero-order chi connectivity index (χ0) is 21.4. The van der Waals surface area contributed by atoms with E-state index in [1.54, 1.807) is 60.8 Å². The van der Waals surface area contributed by atoms with Crippen LogP contribution in [0.15, 0.2) is 65.7 Å². The Morgan fingerprint density at radius 2 is 1.81 bits per heavy atom. The normalized spacial score (nSPS) is 21.4. The molecule has 5 rings (SSSR count). The molecular weight excluding hydrogens is 434 g/mol. The standard InChI is InChI=1S/C23H26ClN3O3S/c24-21-7-4-8-23(27(21)31(28,29)19-5-2-1-3-6-19)26-15-13-22(25-26)30-16-14-20(17-9-10-17)18-11-12-18/h1-8,13,15,17-18,20-21H,9-12,14,16H2. The van der Waals surface area contributed by atoms with Gasteiger partial charge in [0, 0.05) is 12.3 Å². The van der Waals surface area contributed by atoms with Crippen molar-refractivity contribution in [2.24, 2.45) is 17.8 Å². The molecule has 2 aliphatic carbocycles. The summed E-state index contributed by atoms with van der Waals surface area (Å²) in [4.78, 5) is 0.177. The molecule has 0 bridgehead atoms. The Balaban J connectivity index is 1.31. The molecule has 1 aromatic carbocycles. The number of benzene rings is 1. The minimum absolute atomic E-state index is 0.177. The van der Waals surface area contributed by atoms with Crippen LogP contribution in [0.4, 0.5) is 0 Å². The van der Waals surface area contributed by atoms with Gasteiger partial charge in [0.2, 0.25) is 5.88 Å². The molecule has 6 nitrogen and oxygen atoms in total. The molecular formula is C23H26ClN3O3S. The van der Waals surface area contributed by atoms with E-state index >= 15 is 0 Å². The zero-order valence-corrected chi connectivity index (χ0v) is 18.8. The summed E-state index contributed by atoms with van der Waals surface area (Å²) >= 11 is 6.40. The highest BCUT2D eigenvalue weighted by Crippen LogP contribution is 2.50. The second kappa shape index (κ2) is 8.36. The molecule has 3 aliphatic rings. The Bertz CT molecular complexity index is 1080. The van der Waals surface area contributed by atoms with Crippen LogP contribution in [-0.4, -0.2) is 34.6 Å². The number of aromatic nitrogens is 2. The van der Waals surface area contributed by atoms with Crippen molar-refractivity contribution in [2.75, 3.05) is 6.61 Å². The Kier molecular flexibility index (Phi) is 5.56. The highest BCUT2D eigenvalue weighted by molar-refractivity contribution is 7.89. The molecule has 0 amide bonds. The minimum atomic E-state index is -3.85. The third kappa shape index (κ3) is 4.39. The van der Waals surface area contributed by atoms with Crippen molar-refractivity contribution in [3.05, 3.63) is 60.8 Å². The number of ether oxygens (including phenoxy) is 1. The van der Waals surface area contributed by atoms with Gasteiger partial charge in [-0.15, -0.1) is 5.10 Å². The molecule has 0 radical (unpaired) electrons. The van der Waals surface area contributed by atoms with Crippen LogP contribution in [0.5, 0.6) is 5.88 Å². The molecule has 8 heteroatoms. The summed E-state index contributed by atoms with van der Waals surface area (Å²) in [6, 6.07) is 10.0. The van der Waals surface area contributed by atoms with Gasteiger partial charge in [0.15, 0.2) is 0 Å². The van der Waals surface area contributed by atoms with E-state index in [0.29, 0.717) is 18.3 Å². The fraction of sp³-hybridized carbons (Fsp3) is 0.435. The number of rotatable bonds is 9. The van der Waals surface area contributed by atoms with Gasteiger partial charge in [0.1, 0.15) is 11.3 Å². The Morgan fingerprint density at radius 1 is 1.10 bits per heavy atom.